The molecule has 1 aliphatic carbocycles. The predicted molar refractivity (Wildman–Crippen MR) is 56.7 cm³/mol. The van der Waals surface area contributed by atoms with Crippen LogP contribution in [0, 0.1) is 11.8 Å². The summed E-state index contributed by atoms with van der Waals surface area (Å²) in [5.74, 6) is 7.11. The Hall–Kier alpha value is -0.760. The van der Waals surface area contributed by atoms with E-state index in [1.54, 1.807) is 5.01 Å². The second-order valence-electron chi connectivity index (χ2n) is 3.88. The van der Waals surface area contributed by atoms with Crippen LogP contribution in [0.5, 0.6) is 0 Å². The maximum absolute atomic E-state index is 5.63. The van der Waals surface area contributed by atoms with Crippen molar-refractivity contribution in [1.29, 1.82) is 0 Å². The van der Waals surface area contributed by atoms with E-state index in [1.165, 1.54) is 6.42 Å². The molecule has 2 heteroatoms. The van der Waals surface area contributed by atoms with Gasteiger partial charge in [0.25, 0.3) is 0 Å². The molecule has 13 heavy (non-hydrogen) atoms. The van der Waals surface area contributed by atoms with Gasteiger partial charge in [-0.2, -0.15) is 0 Å². The number of nitrogens with zero attached hydrogens (tertiary/aromatic N) is 1. The van der Waals surface area contributed by atoms with Gasteiger partial charge in [-0.15, -0.1) is 0 Å². The fraction of sp³-hybridized carbons (Fsp3) is 0.636. The van der Waals surface area contributed by atoms with Gasteiger partial charge < -0.3 is 5.01 Å². The highest BCUT2D eigenvalue weighted by atomic mass is 15.4. The number of rotatable bonds is 3. The van der Waals surface area contributed by atoms with Gasteiger partial charge in [-0.3, -0.25) is 0 Å². The van der Waals surface area contributed by atoms with Crippen molar-refractivity contribution < 1.29 is 0 Å². The third kappa shape index (κ3) is 2.59. The lowest BCUT2D eigenvalue weighted by molar-refractivity contribution is 0.398. The largest absolute Gasteiger partial charge is 0.314 e. The Morgan fingerprint density at radius 3 is 2.77 bits per heavy atom. The molecule has 0 amide bonds. The molecule has 0 radical (unpaired) electrons. The Bertz CT molecular complexity index is 216. The van der Waals surface area contributed by atoms with Crippen LogP contribution in [0.4, 0.5) is 0 Å². The van der Waals surface area contributed by atoms with Crippen LogP contribution in [-0.2, 0) is 0 Å². The summed E-state index contributed by atoms with van der Waals surface area (Å²) in [6, 6.07) is 0. The minimum absolute atomic E-state index is 0.702. The van der Waals surface area contributed by atoms with Crippen molar-refractivity contribution in [1.82, 2.24) is 5.01 Å². The molecule has 0 spiro atoms. The quantitative estimate of drug-likeness (QED) is 0.533. The lowest BCUT2D eigenvalue weighted by Crippen LogP contribution is -2.25. The Morgan fingerprint density at radius 2 is 2.38 bits per heavy atom. The zero-order valence-electron chi connectivity index (χ0n) is 8.83. The number of hydrazine groups is 1. The van der Waals surface area contributed by atoms with Gasteiger partial charge in [0.05, 0.1) is 0 Å². The molecule has 0 aromatic heterocycles. The topological polar surface area (TPSA) is 29.3 Å². The molecule has 2 N–H and O–H groups in total. The van der Waals surface area contributed by atoms with Gasteiger partial charge in [-0.1, -0.05) is 32.4 Å². The number of likely N-dealkylation sites (N-methyl/N-ethyl adjacent to an activating group) is 1. The minimum Gasteiger partial charge on any atom is -0.314 e. The summed E-state index contributed by atoms with van der Waals surface area (Å²) in [6.45, 7) is 4.55. The molecule has 2 unspecified atom stereocenters. The molecule has 1 rings (SSSR count). The first-order valence-electron chi connectivity index (χ1n) is 5.02. The molecule has 2 nitrogen and oxygen atoms in total. The molecule has 0 aliphatic heterocycles. The lowest BCUT2D eigenvalue weighted by Gasteiger charge is -2.24. The second kappa shape index (κ2) is 4.47. The highest BCUT2D eigenvalue weighted by Crippen LogP contribution is 2.25. The van der Waals surface area contributed by atoms with E-state index < -0.39 is 0 Å². The van der Waals surface area contributed by atoms with Crippen LogP contribution in [0.2, 0.25) is 0 Å². The van der Waals surface area contributed by atoms with Crippen LogP contribution < -0.4 is 5.84 Å². The normalized spacial score (nSPS) is 24.0. The van der Waals surface area contributed by atoms with Gasteiger partial charge in [0, 0.05) is 12.7 Å². The van der Waals surface area contributed by atoms with E-state index >= 15 is 0 Å². The van der Waals surface area contributed by atoms with Crippen molar-refractivity contribution in [3.05, 3.63) is 23.9 Å². The maximum Gasteiger partial charge on any atom is 0.0471 e. The summed E-state index contributed by atoms with van der Waals surface area (Å²) in [5, 5.41) is 1.67. The monoisotopic (exact) mass is 180 g/mol. The smallest absolute Gasteiger partial charge is 0.0471 e. The molecule has 2 atom stereocenters. The molecule has 0 aromatic rings. The standard InChI is InChI=1S/C11H20N2/c1-4-9(2)10-5-7-11(8-6-10)13(3)12/h5,7-10H,4,6,12H2,1-3H3. The highest BCUT2D eigenvalue weighted by molar-refractivity contribution is 5.21. The molecule has 1 aliphatic rings. The molecule has 0 aromatic carbocycles. The van der Waals surface area contributed by atoms with Crippen LogP contribution >= 0.6 is 0 Å². The van der Waals surface area contributed by atoms with Crippen molar-refractivity contribution in [2.24, 2.45) is 17.7 Å². The average Bonchev–Trinajstić information content (AvgIpc) is 2.17. The van der Waals surface area contributed by atoms with Crippen LogP contribution in [0.25, 0.3) is 0 Å². The fourth-order valence-corrected chi connectivity index (χ4v) is 1.61. The van der Waals surface area contributed by atoms with Gasteiger partial charge in [0.1, 0.15) is 0 Å². The van der Waals surface area contributed by atoms with Gasteiger partial charge in [-0.25, -0.2) is 5.84 Å². The maximum atomic E-state index is 5.63. The molecular weight excluding hydrogens is 160 g/mol. The Labute approximate surface area is 81.1 Å². The van der Waals surface area contributed by atoms with E-state index in [4.69, 9.17) is 5.84 Å². The van der Waals surface area contributed by atoms with E-state index in [9.17, 15) is 0 Å². The molecule has 0 bridgehead atoms. The lowest BCUT2D eigenvalue weighted by atomic mass is 9.86. The molecule has 0 saturated carbocycles. The Morgan fingerprint density at radius 1 is 1.69 bits per heavy atom. The summed E-state index contributed by atoms with van der Waals surface area (Å²) >= 11 is 0. The SMILES string of the molecule is CCC(C)C1C=CC(N(C)N)=CC1. The number of allylic oxidation sites excluding steroid dienone is 3. The van der Waals surface area contributed by atoms with E-state index in [-0.39, 0.29) is 0 Å². The molecule has 0 fully saturated rings. The first-order chi connectivity index (χ1) is 6.15. The van der Waals surface area contributed by atoms with Gasteiger partial charge in [0.15, 0.2) is 0 Å². The van der Waals surface area contributed by atoms with E-state index in [1.807, 2.05) is 7.05 Å². The zero-order valence-corrected chi connectivity index (χ0v) is 8.83. The third-order valence-corrected chi connectivity index (χ3v) is 2.90. The second-order valence-corrected chi connectivity index (χ2v) is 3.88. The Balaban J connectivity index is 2.53. The third-order valence-electron chi connectivity index (χ3n) is 2.90. The van der Waals surface area contributed by atoms with Crippen LogP contribution in [-0.4, -0.2) is 12.1 Å². The molecular formula is C11H20N2. The summed E-state index contributed by atoms with van der Waals surface area (Å²) in [6.07, 6.45) is 9.00. The number of nitrogens with two attached hydrogens (primary N) is 1. The van der Waals surface area contributed by atoms with Gasteiger partial charge >= 0.3 is 0 Å². The van der Waals surface area contributed by atoms with Crippen molar-refractivity contribution in [3.63, 3.8) is 0 Å². The van der Waals surface area contributed by atoms with Crippen LogP contribution in [0.1, 0.15) is 26.7 Å². The highest BCUT2D eigenvalue weighted by Gasteiger charge is 2.14. The fourth-order valence-electron chi connectivity index (χ4n) is 1.61. The van der Waals surface area contributed by atoms with Gasteiger partial charge in [-0.05, 0) is 24.3 Å². The molecule has 74 valence electrons. The van der Waals surface area contributed by atoms with Crippen molar-refractivity contribution in [2.75, 3.05) is 7.05 Å². The number of hydrogen-bond donors (Lipinski definition) is 1. The molecule has 0 saturated heterocycles. The summed E-state index contributed by atoms with van der Waals surface area (Å²) in [7, 11) is 1.87. The van der Waals surface area contributed by atoms with Crippen molar-refractivity contribution in [3.8, 4) is 0 Å². The van der Waals surface area contributed by atoms with Crippen LogP contribution in [0.15, 0.2) is 23.9 Å². The first kappa shape index (κ1) is 10.3. The predicted octanol–water partition coefficient (Wildman–Crippen LogP) is 2.30. The zero-order chi connectivity index (χ0) is 9.84. The summed E-state index contributed by atoms with van der Waals surface area (Å²) in [4.78, 5) is 0. The van der Waals surface area contributed by atoms with E-state index in [2.05, 4.69) is 32.1 Å². The van der Waals surface area contributed by atoms with Crippen molar-refractivity contribution in [2.45, 2.75) is 26.7 Å². The average molecular weight is 180 g/mol. The summed E-state index contributed by atoms with van der Waals surface area (Å²) in [5.41, 5.74) is 1.12. The van der Waals surface area contributed by atoms with E-state index in [0.29, 0.717) is 5.92 Å². The summed E-state index contributed by atoms with van der Waals surface area (Å²) < 4.78 is 0. The van der Waals surface area contributed by atoms with Gasteiger partial charge in [0.2, 0.25) is 0 Å². The van der Waals surface area contributed by atoms with Crippen LogP contribution in [0.3, 0.4) is 0 Å². The van der Waals surface area contributed by atoms with E-state index in [0.717, 1.165) is 18.0 Å². The number of hydrogen-bond acceptors (Lipinski definition) is 2. The molecule has 0 heterocycles. The first-order valence-corrected chi connectivity index (χ1v) is 5.02. The Kier molecular flexibility index (Phi) is 3.55. The van der Waals surface area contributed by atoms with Crippen molar-refractivity contribution >= 4 is 0 Å². The minimum atomic E-state index is 0.702.